The number of furan rings is 1. The minimum Gasteiger partial charge on any atom is -0.475 e. The van der Waals surface area contributed by atoms with Crippen molar-refractivity contribution in [2.24, 2.45) is 0 Å². The topological polar surface area (TPSA) is 151 Å². The molecule has 2 aromatic rings. The summed E-state index contributed by atoms with van der Waals surface area (Å²) in [6, 6.07) is 0.941. The molecule has 0 saturated carbocycles. The average Bonchev–Trinajstić information content (AvgIpc) is 2.95. The lowest BCUT2D eigenvalue weighted by molar-refractivity contribution is 0.0661. The SMILES string of the molecule is Cc1oc(C(=O)O)cc1S(=O)(=O)NCc1nn[nH]n1. The lowest BCUT2D eigenvalue weighted by atomic mass is 10.4. The first-order chi connectivity index (χ1) is 8.90. The lowest BCUT2D eigenvalue weighted by Gasteiger charge is -2.02. The maximum atomic E-state index is 11.9. The molecule has 11 heteroatoms. The summed E-state index contributed by atoms with van der Waals surface area (Å²) < 4.78 is 30.9. The van der Waals surface area contributed by atoms with Gasteiger partial charge in [-0.3, -0.25) is 0 Å². The van der Waals surface area contributed by atoms with Crippen molar-refractivity contribution in [3.8, 4) is 0 Å². The Balaban J connectivity index is 2.22. The smallest absolute Gasteiger partial charge is 0.371 e. The number of tetrazole rings is 1. The van der Waals surface area contributed by atoms with Crippen LogP contribution in [0.1, 0.15) is 22.1 Å². The molecular formula is C8H9N5O5S. The van der Waals surface area contributed by atoms with E-state index >= 15 is 0 Å². The molecule has 2 aromatic heterocycles. The van der Waals surface area contributed by atoms with Crippen molar-refractivity contribution >= 4 is 16.0 Å². The van der Waals surface area contributed by atoms with Gasteiger partial charge in [0.15, 0.2) is 5.82 Å². The summed E-state index contributed by atoms with van der Waals surface area (Å²) in [5.41, 5.74) is 0. The van der Waals surface area contributed by atoms with Gasteiger partial charge in [-0.25, -0.2) is 17.9 Å². The van der Waals surface area contributed by atoms with Crippen LogP contribution in [-0.2, 0) is 16.6 Å². The number of hydrogen-bond donors (Lipinski definition) is 3. The third-order valence-electron chi connectivity index (χ3n) is 2.18. The van der Waals surface area contributed by atoms with Crippen LogP contribution in [0.4, 0.5) is 0 Å². The van der Waals surface area contributed by atoms with Crippen LogP contribution in [0.25, 0.3) is 0 Å². The number of carboxylic acids is 1. The van der Waals surface area contributed by atoms with E-state index in [2.05, 4.69) is 25.3 Å². The van der Waals surface area contributed by atoms with E-state index in [1.54, 1.807) is 0 Å². The molecule has 0 aliphatic heterocycles. The summed E-state index contributed by atoms with van der Waals surface area (Å²) in [5, 5.41) is 21.3. The number of aromatic amines is 1. The highest BCUT2D eigenvalue weighted by Gasteiger charge is 2.23. The Kier molecular flexibility index (Phi) is 3.31. The third-order valence-corrected chi connectivity index (χ3v) is 3.69. The molecule has 3 N–H and O–H groups in total. The fourth-order valence-corrected chi connectivity index (χ4v) is 2.49. The lowest BCUT2D eigenvalue weighted by Crippen LogP contribution is -2.24. The molecule has 0 unspecified atom stereocenters. The van der Waals surface area contributed by atoms with E-state index in [4.69, 9.17) is 9.52 Å². The zero-order chi connectivity index (χ0) is 14.0. The number of carbonyl (C=O) groups is 1. The first-order valence-corrected chi connectivity index (χ1v) is 6.44. The molecule has 0 atom stereocenters. The summed E-state index contributed by atoms with van der Waals surface area (Å²) in [4.78, 5) is 10.5. The molecule has 0 aromatic carbocycles. The Labute approximate surface area is 106 Å². The molecule has 2 rings (SSSR count). The predicted octanol–water partition coefficient (Wildman–Crippen LogP) is -0.722. The Morgan fingerprint density at radius 3 is 2.84 bits per heavy atom. The number of aromatic carboxylic acids is 1. The molecule has 0 bridgehead atoms. The van der Waals surface area contributed by atoms with Gasteiger partial charge in [0, 0.05) is 6.07 Å². The zero-order valence-corrected chi connectivity index (χ0v) is 10.4. The first kappa shape index (κ1) is 13.2. The quantitative estimate of drug-likeness (QED) is 0.651. The van der Waals surface area contributed by atoms with Crippen LogP contribution in [0.3, 0.4) is 0 Å². The van der Waals surface area contributed by atoms with Gasteiger partial charge in [0.2, 0.25) is 15.8 Å². The summed E-state index contributed by atoms with van der Waals surface area (Å²) >= 11 is 0. The van der Waals surface area contributed by atoms with Gasteiger partial charge in [-0.15, -0.1) is 10.2 Å². The number of H-pyrrole nitrogens is 1. The van der Waals surface area contributed by atoms with Crippen LogP contribution in [0, 0.1) is 6.92 Å². The zero-order valence-electron chi connectivity index (χ0n) is 9.61. The number of nitrogens with zero attached hydrogens (tertiary/aromatic N) is 3. The molecule has 0 amide bonds. The van der Waals surface area contributed by atoms with E-state index in [1.165, 1.54) is 6.92 Å². The molecule has 10 nitrogen and oxygen atoms in total. The van der Waals surface area contributed by atoms with Crippen LogP contribution < -0.4 is 4.72 Å². The highest BCUT2D eigenvalue weighted by Crippen LogP contribution is 2.19. The summed E-state index contributed by atoms with van der Waals surface area (Å²) in [6.45, 7) is 1.18. The number of carboxylic acid groups (broad SMARTS) is 1. The second-order valence-corrected chi connectivity index (χ2v) is 5.22. The van der Waals surface area contributed by atoms with E-state index in [0.29, 0.717) is 0 Å². The fourth-order valence-electron chi connectivity index (χ4n) is 1.33. The van der Waals surface area contributed by atoms with E-state index < -0.39 is 21.8 Å². The van der Waals surface area contributed by atoms with Gasteiger partial charge in [-0.2, -0.15) is 5.21 Å². The Morgan fingerprint density at radius 1 is 1.58 bits per heavy atom. The molecular weight excluding hydrogens is 278 g/mol. The predicted molar refractivity (Wildman–Crippen MR) is 58.6 cm³/mol. The number of nitrogens with one attached hydrogen (secondary N) is 2. The third kappa shape index (κ3) is 2.77. The molecule has 0 aliphatic carbocycles. The maximum Gasteiger partial charge on any atom is 0.371 e. The van der Waals surface area contributed by atoms with Gasteiger partial charge in [0.1, 0.15) is 10.7 Å². The maximum absolute atomic E-state index is 11.9. The molecule has 0 radical (unpaired) electrons. The van der Waals surface area contributed by atoms with Gasteiger partial charge in [-0.1, -0.05) is 5.21 Å². The van der Waals surface area contributed by atoms with Crippen LogP contribution in [0.5, 0.6) is 0 Å². The van der Waals surface area contributed by atoms with Gasteiger partial charge < -0.3 is 9.52 Å². The molecule has 19 heavy (non-hydrogen) atoms. The first-order valence-electron chi connectivity index (χ1n) is 4.96. The normalized spacial score (nSPS) is 11.6. The van der Waals surface area contributed by atoms with Crippen LogP contribution >= 0.6 is 0 Å². The molecule has 0 aliphatic rings. The highest BCUT2D eigenvalue weighted by molar-refractivity contribution is 7.89. The second-order valence-electron chi connectivity index (χ2n) is 3.49. The van der Waals surface area contributed by atoms with Crippen molar-refractivity contribution in [1.29, 1.82) is 0 Å². The van der Waals surface area contributed by atoms with Crippen molar-refractivity contribution in [1.82, 2.24) is 25.3 Å². The summed E-state index contributed by atoms with van der Waals surface area (Å²) in [7, 11) is -3.91. The fraction of sp³-hybridized carbons (Fsp3) is 0.250. The van der Waals surface area contributed by atoms with Gasteiger partial charge in [-0.05, 0) is 6.92 Å². The van der Waals surface area contributed by atoms with Crippen molar-refractivity contribution < 1.29 is 22.7 Å². The van der Waals surface area contributed by atoms with E-state index in [0.717, 1.165) is 6.07 Å². The number of aromatic nitrogens is 4. The number of hydrogen-bond acceptors (Lipinski definition) is 7. The van der Waals surface area contributed by atoms with Crippen LogP contribution in [-0.4, -0.2) is 40.1 Å². The molecule has 102 valence electrons. The summed E-state index contributed by atoms with van der Waals surface area (Å²) in [6.07, 6.45) is 0. The number of aryl methyl sites for hydroxylation is 1. The largest absolute Gasteiger partial charge is 0.475 e. The Morgan fingerprint density at radius 2 is 2.32 bits per heavy atom. The minimum atomic E-state index is -3.91. The van der Waals surface area contributed by atoms with Crippen LogP contribution in [0.2, 0.25) is 0 Å². The van der Waals surface area contributed by atoms with E-state index in [-0.39, 0.29) is 23.0 Å². The molecule has 0 spiro atoms. The monoisotopic (exact) mass is 287 g/mol. The van der Waals surface area contributed by atoms with E-state index in [9.17, 15) is 13.2 Å². The highest BCUT2D eigenvalue weighted by atomic mass is 32.2. The molecule has 0 saturated heterocycles. The van der Waals surface area contributed by atoms with Gasteiger partial charge >= 0.3 is 5.97 Å². The van der Waals surface area contributed by atoms with Crippen LogP contribution in [0.15, 0.2) is 15.4 Å². The number of rotatable bonds is 5. The minimum absolute atomic E-state index is 0.0157. The molecule has 0 fully saturated rings. The molecule has 2 heterocycles. The van der Waals surface area contributed by atoms with Gasteiger partial charge in [0.25, 0.3) is 0 Å². The van der Waals surface area contributed by atoms with E-state index in [1.807, 2.05) is 0 Å². The van der Waals surface area contributed by atoms with Crippen molar-refractivity contribution in [3.63, 3.8) is 0 Å². The van der Waals surface area contributed by atoms with Gasteiger partial charge in [0.05, 0.1) is 6.54 Å². The average molecular weight is 287 g/mol. The standard InChI is InChI=1S/C8H9N5O5S/c1-4-6(2-5(18-4)8(14)15)19(16,17)9-3-7-10-12-13-11-7/h2,9H,3H2,1H3,(H,14,15)(H,10,11,12,13). The second kappa shape index (κ2) is 4.78. The van der Waals surface area contributed by atoms with Crippen molar-refractivity contribution in [3.05, 3.63) is 23.4 Å². The summed E-state index contributed by atoms with van der Waals surface area (Å²) in [5.74, 6) is -1.65. The van der Waals surface area contributed by atoms with Crippen molar-refractivity contribution in [2.75, 3.05) is 0 Å². The Bertz CT molecular complexity index is 689. The Hall–Kier alpha value is -2.27. The van der Waals surface area contributed by atoms with Crippen molar-refractivity contribution in [2.45, 2.75) is 18.4 Å². The number of sulfonamides is 1.